The highest BCUT2D eigenvalue weighted by Crippen LogP contribution is 2.51. The topological polar surface area (TPSA) is 69.3 Å². The summed E-state index contributed by atoms with van der Waals surface area (Å²) in [6, 6.07) is 29.0. The van der Waals surface area contributed by atoms with Crippen LogP contribution >= 0.6 is 0 Å². The van der Waals surface area contributed by atoms with Crippen LogP contribution in [0.15, 0.2) is 72.8 Å². The van der Waals surface area contributed by atoms with E-state index in [0.717, 1.165) is 72.1 Å². The molecule has 0 aliphatic carbocycles. The number of hydrogen-bond acceptors (Lipinski definition) is 5. The summed E-state index contributed by atoms with van der Waals surface area (Å²) in [7, 11) is 0. The molecule has 0 unspecified atom stereocenters. The molecule has 2 aliphatic rings. The molecule has 196 valence electrons. The summed E-state index contributed by atoms with van der Waals surface area (Å²) in [6.07, 6.45) is 5.94. The minimum absolute atomic E-state index is 0.329. The molecule has 0 aromatic heterocycles. The number of para-hydroxylation sites is 2. The minimum atomic E-state index is -0.329. The van der Waals surface area contributed by atoms with E-state index in [0.29, 0.717) is 34.0 Å². The van der Waals surface area contributed by atoms with Crippen molar-refractivity contribution in [2.24, 2.45) is 0 Å². The van der Waals surface area contributed by atoms with Gasteiger partial charge >= 0.3 is 6.85 Å². The van der Waals surface area contributed by atoms with Crippen molar-refractivity contribution in [1.82, 2.24) is 0 Å². The van der Waals surface area contributed by atoms with E-state index >= 15 is 0 Å². The first-order valence-corrected chi connectivity index (χ1v) is 14.1. The van der Waals surface area contributed by atoms with Crippen molar-refractivity contribution in [3.05, 3.63) is 95.1 Å². The average Bonchev–Trinajstić information content (AvgIpc) is 2.99. The number of aryl methyl sites for hydroxylation is 2. The quantitative estimate of drug-likeness (QED) is 0.238. The Morgan fingerprint density at radius 3 is 1.55 bits per heavy atom. The number of anilines is 2. The number of rotatable bonds is 7. The summed E-state index contributed by atoms with van der Waals surface area (Å²) in [5.41, 5.74) is 6.54. The third-order valence-electron chi connectivity index (χ3n) is 7.76. The number of nitrogens with zero attached hydrogens (tertiary/aromatic N) is 3. The van der Waals surface area contributed by atoms with Gasteiger partial charge in [0.05, 0.1) is 22.5 Å². The molecule has 4 aromatic carbocycles. The third-order valence-corrected chi connectivity index (χ3v) is 7.76. The lowest BCUT2D eigenvalue weighted by Crippen LogP contribution is -2.58. The van der Waals surface area contributed by atoms with E-state index in [1.165, 1.54) is 0 Å². The lowest BCUT2D eigenvalue weighted by Gasteiger charge is -2.41. The van der Waals surface area contributed by atoms with Crippen molar-refractivity contribution in [3.8, 4) is 35.1 Å². The van der Waals surface area contributed by atoms with E-state index in [1.807, 2.05) is 48.5 Å². The zero-order chi connectivity index (χ0) is 27.6. The molecular weight excluding hydrogens is 493 g/mol. The van der Waals surface area contributed by atoms with Crippen molar-refractivity contribution < 1.29 is 9.47 Å². The summed E-state index contributed by atoms with van der Waals surface area (Å²) in [5.74, 6) is 2.82. The Balaban J connectivity index is 1.65. The molecule has 0 fully saturated rings. The SMILES string of the molecule is CCCCc1cc(C#N)c2c(c1)Oc1cc(CCCC)cc(C#N)c1N2B1c2ccccc2Oc2ccccc21. The van der Waals surface area contributed by atoms with Crippen molar-refractivity contribution in [3.63, 3.8) is 0 Å². The fraction of sp³-hybridized carbons (Fsp3) is 0.235. The van der Waals surface area contributed by atoms with Crippen molar-refractivity contribution in [2.75, 3.05) is 4.81 Å². The van der Waals surface area contributed by atoms with E-state index in [1.54, 1.807) is 0 Å². The molecule has 40 heavy (non-hydrogen) atoms. The molecule has 0 N–H and O–H groups in total. The van der Waals surface area contributed by atoms with Crippen LogP contribution in [-0.4, -0.2) is 6.85 Å². The van der Waals surface area contributed by atoms with Crippen LogP contribution in [-0.2, 0) is 12.8 Å². The molecule has 0 amide bonds. The zero-order valence-electron chi connectivity index (χ0n) is 22.9. The van der Waals surface area contributed by atoms with Gasteiger partial charge in [0.15, 0.2) is 11.5 Å². The van der Waals surface area contributed by atoms with Gasteiger partial charge in [0.2, 0.25) is 0 Å². The second-order valence-corrected chi connectivity index (χ2v) is 10.5. The van der Waals surface area contributed by atoms with Gasteiger partial charge in [-0.05, 0) is 84.1 Å². The molecule has 0 saturated carbocycles. The number of hydrogen-bond donors (Lipinski definition) is 0. The predicted molar refractivity (Wildman–Crippen MR) is 160 cm³/mol. The number of benzene rings is 4. The van der Waals surface area contributed by atoms with Crippen LogP contribution in [0.1, 0.15) is 61.8 Å². The molecule has 2 heterocycles. The number of nitriles is 2. The average molecular weight is 523 g/mol. The fourth-order valence-electron chi connectivity index (χ4n) is 5.85. The Hall–Kier alpha value is -4.68. The Morgan fingerprint density at radius 2 is 1.10 bits per heavy atom. The summed E-state index contributed by atoms with van der Waals surface area (Å²) in [5, 5.41) is 20.9. The Bertz CT molecular complexity index is 1560. The summed E-state index contributed by atoms with van der Waals surface area (Å²) < 4.78 is 13.0. The maximum absolute atomic E-state index is 10.4. The molecule has 0 radical (unpaired) electrons. The summed E-state index contributed by atoms with van der Waals surface area (Å²) in [4.78, 5) is 2.15. The van der Waals surface area contributed by atoms with Crippen LogP contribution in [0.2, 0.25) is 0 Å². The standard InChI is InChI=1S/C34H30BN3O2/c1-3-5-11-23-17-25(21-36)33-31(19-23)40-32-20-24(12-6-4-2)18-26(22-37)34(32)38(33)35-27-13-7-9-15-29(27)39-30-16-10-8-14-28(30)35/h7-10,13-20H,3-6,11-12H2,1-2H3. The van der Waals surface area contributed by atoms with Crippen molar-refractivity contribution in [2.45, 2.75) is 52.4 Å². The largest absolute Gasteiger partial charge is 0.458 e. The fourth-order valence-corrected chi connectivity index (χ4v) is 5.85. The second-order valence-electron chi connectivity index (χ2n) is 10.5. The van der Waals surface area contributed by atoms with Gasteiger partial charge in [-0.25, -0.2) is 0 Å². The van der Waals surface area contributed by atoms with Gasteiger partial charge in [-0.1, -0.05) is 63.1 Å². The summed E-state index contributed by atoms with van der Waals surface area (Å²) in [6.45, 7) is 4.00. The van der Waals surface area contributed by atoms with E-state index in [-0.39, 0.29) is 6.85 Å². The molecule has 0 saturated heterocycles. The van der Waals surface area contributed by atoms with Crippen LogP contribution in [0.3, 0.4) is 0 Å². The number of unbranched alkanes of at least 4 members (excludes halogenated alkanes) is 2. The first-order chi connectivity index (χ1) is 19.7. The third kappa shape index (κ3) is 4.36. The van der Waals surface area contributed by atoms with Gasteiger partial charge in [-0.3, -0.25) is 0 Å². The minimum Gasteiger partial charge on any atom is -0.458 e. The highest BCUT2D eigenvalue weighted by atomic mass is 16.5. The van der Waals surface area contributed by atoms with Crippen molar-refractivity contribution >= 4 is 29.1 Å². The number of ether oxygens (including phenoxy) is 2. The lowest BCUT2D eigenvalue weighted by molar-refractivity contribution is 0.475. The first kappa shape index (κ1) is 25.6. The Morgan fingerprint density at radius 1 is 0.650 bits per heavy atom. The molecule has 0 spiro atoms. The van der Waals surface area contributed by atoms with Crippen LogP contribution < -0.4 is 25.2 Å². The monoisotopic (exact) mass is 523 g/mol. The maximum atomic E-state index is 10.4. The molecule has 2 aliphatic heterocycles. The lowest BCUT2D eigenvalue weighted by atomic mass is 9.47. The van der Waals surface area contributed by atoms with Crippen LogP contribution in [0.5, 0.6) is 23.0 Å². The highest BCUT2D eigenvalue weighted by Gasteiger charge is 2.43. The Labute approximate surface area is 236 Å². The van der Waals surface area contributed by atoms with E-state index < -0.39 is 0 Å². The molecular formula is C34H30BN3O2. The first-order valence-electron chi connectivity index (χ1n) is 14.1. The van der Waals surface area contributed by atoms with Crippen LogP contribution in [0, 0.1) is 22.7 Å². The summed E-state index contributed by atoms with van der Waals surface area (Å²) >= 11 is 0. The van der Waals surface area contributed by atoms with Gasteiger partial charge in [0.1, 0.15) is 23.6 Å². The normalized spacial score (nSPS) is 12.6. The molecule has 5 nitrogen and oxygen atoms in total. The molecule has 4 aromatic rings. The van der Waals surface area contributed by atoms with Gasteiger partial charge in [0.25, 0.3) is 0 Å². The van der Waals surface area contributed by atoms with E-state index in [2.05, 4.69) is 55.1 Å². The van der Waals surface area contributed by atoms with E-state index in [9.17, 15) is 10.5 Å². The van der Waals surface area contributed by atoms with Crippen molar-refractivity contribution in [1.29, 1.82) is 10.5 Å². The molecule has 0 bridgehead atoms. The van der Waals surface area contributed by atoms with Crippen LogP contribution in [0.4, 0.5) is 11.4 Å². The molecule has 6 rings (SSSR count). The second kappa shape index (κ2) is 10.8. The number of fused-ring (bicyclic) bond motifs is 4. The van der Waals surface area contributed by atoms with Crippen LogP contribution in [0.25, 0.3) is 0 Å². The van der Waals surface area contributed by atoms with Gasteiger partial charge in [-0.15, -0.1) is 0 Å². The predicted octanol–water partition coefficient (Wildman–Crippen LogP) is 7.27. The zero-order valence-corrected chi connectivity index (χ0v) is 22.9. The van der Waals surface area contributed by atoms with Gasteiger partial charge in [0, 0.05) is 0 Å². The highest BCUT2D eigenvalue weighted by molar-refractivity contribution is 6.90. The molecule has 0 atom stereocenters. The van der Waals surface area contributed by atoms with Gasteiger partial charge in [-0.2, -0.15) is 10.5 Å². The maximum Gasteiger partial charge on any atom is 0.336 e. The van der Waals surface area contributed by atoms with E-state index in [4.69, 9.17) is 9.47 Å². The molecule has 6 heteroatoms. The smallest absolute Gasteiger partial charge is 0.336 e. The van der Waals surface area contributed by atoms with Gasteiger partial charge < -0.3 is 14.3 Å². The Kier molecular flexibility index (Phi) is 6.93.